The lowest BCUT2D eigenvalue weighted by atomic mass is 10.1. The molecule has 0 spiro atoms. The lowest BCUT2D eigenvalue weighted by Gasteiger charge is -2.32. The largest absolute Gasteiger partial charge is 0.497 e. The number of ether oxygens (including phenoxy) is 1. The number of methoxy groups -OCH3 is 1. The molecule has 0 saturated carbocycles. The van der Waals surface area contributed by atoms with Crippen LogP contribution >= 0.6 is 22.7 Å². The van der Waals surface area contributed by atoms with Crippen molar-refractivity contribution in [3.8, 4) is 5.75 Å². The number of likely N-dealkylation sites (tertiary alicyclic amines) is 1. The van der Waals surface area contributed by atoms with Gasteiger partial charge < -0.3 is 24.8 Å². The molecule has 1 aromatic carbocycles. The van der Waals surface area contributed by atoms with E-state index >= 15 is 0 Å². The summed E-state index contributed by atoms with van der Waals surface area (Å²) in [6.07, 6.45) is 0.404. The van der Waals surface area contributed by atoms with Crippen LogP contribution in [0.25, 0.3) is 0 Å². The van der Waals surface area contributed by atoms with E-state index in [1.165, 1.54) is 22.7 Å². The molecule has 2 unspecified atom stereocenters. The zero-order valence-electron chi connectivity index (χ0n) is 20.7. The van der Waals surface area contributed by atoms with Crippen molar-refractivity contribution in [3.05, 3.63) is 74.6 Å². The fraction of sp³-hybridized carbons (Fsp3) is 0.370. The van der Waals surface area contributed by atoms with Crippen LogP contribution in [0.15, 0.2) is 59.3 Å². The first-order valence-corrected chi connectivity index (χ1v) is 14.1. The molecule has 3 aromatic rings. The van der Waals surface area contributed by atoms with Crippen molar-refractivity contribution in [2.45, 2.75) is 25.0 Å². The molecule has 37 heavy (non-hydrogen) atoms. The predicted octanol–water partition coefficient (Wildman–Crippen LogP) is 3.18. The van der Waals surface area contributed by atoms with E-state index < -0.39 is 6.04 Å². The van der Waals surface area contributed by atoms with Crippen LogP contribution in [0.2, 0.25) is 0 Å². The molecular weight excluding hydrogens is 508 g/mol. The van der Waals surface area contributed by atoms with E-state index in [0.717, 1.165) is 18.7 Å². The summed E-state index contributed by atoms with van der Waals surface area (Å²) in [5, 5.41) is 7.02. The van der Waals surface area contributed by atoms with Crippen molar-refractivity contribution in [1.29, 1.82) is 0 Å². The summed E-state index contributed by atoms with van der Waals surface area (Å²) in [7, 11) is 1.62. The molecule has 0 radical (unpaired) electrons. The predicted molar refractivity (Wildman–Crippen MR) is 144 cm³/mol. The number of amides is 3. The highest BCUT2D eigenvalue weighted by molar-refractivity contribution is 7.12. The quantitative estimate of drug-likeness (QED) is 0.500. The molecule has 2 aromatic heterocycles. The molecule has 2 atom stereocenters. The SMILES string of the molecule is COc1cccc(CN(C(=O)c2cccs2)C2CC(C(=O)N3CCNCC3)N(C(=O)c3cccs3)C2)c1. The summed E-state index contributed by atoms with van der Waals surface area (Å²) >= 11 is 2.76. The summed E-state index contributed by atoms with van der Waals surface area (Å²) in [6.45, 7) is 3.36. The van der Waals surface area contributed by atoms with Gasteiger partial charge in [-0.3, -0.25) is 14.4 Å². The van der Waals surface area contributed by atoms with Gasteiger partial charge in [-0.15, -0.1) is 22.7 Å². The third-order valence-corrected chi connectivity index (χ3v) is 8.62. The van der Waals surface area contributed by atoms with Gasteiger partial charge in [0.2, 0.25) is 5.91 Å². The van der Waals surface area contributed by atoms with E-state index in [0.29, 0.717) is 48.1 Å². The highest BCUT2D eigenvalue weighted by atomic mass is 32.1. The van der Waals surface area contributed by atoms with Gasteiger partial charge in [-0.2, -0.15) is 0 Å². The van der Waals surface area contributed by atoms with Gasteiger partial charge in [0.25, 0.3) is 11.8 Å². The smallest absolute Gasteiger partial charge is 0.264 e. The Morgan fingerprint density at radius 3 is 2.43 bits per heavy atom. The molecule has 0 bridgehead atoms. The summed E-state index contributed by atoms with van der Waals surface area (Å²) in [4.78, 5) is 47.5. The van der Waals surface area contributed by atoms with Crippen molar-refractivity contribution in [2.75, 3.05) is 39.8 Å². The van der Waals surface area contributed by atoms with Crippen LogP contribution in [0.4, 0.5) is 0 Å². The Kier molecular flexibility index (Phi) is 7.87. The van der Waals surface area contributed by atoms with Gasteiger partial charge >= 0.3 is 0 Å². The topological polar surface area (TPSA) is 82.2 Å². The first-order valence-electron chi connectivity index (χ1n) is 12.4. The van der Waals surface area contributed by atoms with Gasteiger partial charge in [-0.1, -0.05) is 24.3 Å². The van der Waals surface area contributed by atoms with Crippen LogP contribution in [0, 0.1) is 0 Å². The van der Waals surface area contributed by atoms with E-state index in [1.54, 1.807) is 18.1 Å². The van der Waals surface area contributed by atoms with Crippen LogP contribution in [-0.2, 0) is 11.3 Å². The van der Waals surface area contributed by atoms with Crippen LogP contribution in [0.1, 0.15) is 31.3 Å². The van der Waals surface area contributed by atoms with Gasteiger partial charge in [0.15, 0.2) is 0 Å². The molecule has 5 rings (SSSR count). The fourth-order valence-corrected chi connectivity index (χ4v) is 6.37. The maximum atomic E-state index is 13.7. The second-order valence-electron chi connectivity index (χ2n) is 9.18. The second kappa shape index (κ2) is 11.5. The van der Waals surface area contributed by atoms with E-state index in [2.05, 4.69) is 5.32 Å². The first-order chi connectivity index (χ1) is 18.0. The van der Waals surface area contributed by atoms with Gasteiger partial charge in [0.1, 0.15) is 11.8 Å². The Labute approximate surface area is 224 Å². The minimum absolute atomic E-state index is 0.0428. The number of carbonyl (C=O) groups is 3. The minimum Gasteiger partial charge on any atom is -0.497 e. The van der Waals surface area contributed by atoms with Gasteiger partial charge in [0.05, 0.1) is 22.9 Å². The number of benzene rings is 1. The molecular formula is C27H30N4O4S2. The first kappa shape index (κ1) is 25.4. The Bertz CT molecular complexity index is 1230. The highest BCUT2D eigenvalue weighted by Gasteiger charge is 2.45. The number of hydrogen-bond donors (Lipinski definition) is 1. The third kappa shape index (κ3) is 5.56. The average Bonchev–Trinajstić information content (AvgIpc) is 3.73. The van der Waals surface area contributed by atoms with Gasteiger partial charge in [-0.05, 0) is 47.0 Å². The number of nitrogens with zero attached hydrogens (tertiary/aromatic N) is 3. The van der Waals surface area contributed by atoms with Crippen molar-refractivity contribution in [3.63, 3.8) is 0 Å². The Hall–Kier alpha value is -3.21. The van der Waals surface area contributed by atoms with Crippen molar-refractivity contribution in [1.82, 2.24) is 20.0 Å². The Morgan fingerprint density at radius 1 is 1.03 bits per heavy atom. The zero-order valence-corrected chi connectivity index (χ0v) is 22.3. The number of rotatable bonds is 7. The second-order valence-corrected chi connectivity index (χ2v) is 11.1. The van der Waals surface area contributed by atoms with Crippen LogP contribution < -0.4 is 10.1 Å². The Balaban J connectivity index is 1.46. The summed E-state index contributed by atoms with van der Waals surface area (Å²) in [6, 6.07) is 14.0. The third-order valence-electron chi connectivity index (χ3n) is 6.91. The summed E-state index contributed by atoms with van der Waals surface area (Å²) in [5.41, 5.74) is 0.928. The molecule has 194 valence electrons. The Morgan fingerprint density at radius 2 is 1.76 bits per heavy atom. The highest BCUT2D eigenvalue weighted by Crippen LogP contribution is 2.30. The number of nitrogens with one attached hydrogen (secondary N) is 1. The zero-order chi connectivity index (χ0) is 25.8. The average molecular weight is 539 g/mol. The van der Waals surface area contributed by atoms with Crippen LogP contribution in [0.5, 0.6) is 5.75 Å². The standard InChI is InChI=1S/C27H30N4O4S2/c1-35-21-6-2-5-19(15-21)17-30(26(33)23-7-3-13-36-23)20-16-22(25(32)29-11-9-28-10-12-29)31(18-20)27(34)24-8-4-14-37-24/h2-8,13-15,20,22,28H,9-12,16-18H2,1H3. The molecule has 2 aliphatic rings. The fourth-order valence-electron chi connectivity index (χ4n) is 5.01. The maximum Gasteiger partial charge on any atom is 0.264 e. The number of hydrogen-bond acceptors (Lipinski definition) is 7. The lowest BCUT2D eigenvalue weighted by molar-refractivity contribution is -0.135. The molecule has 8 nitrogen and oxygen atoms in total. The number of carbonyl (C=O) groups excluding carboxylic acids is 3. The lowest BCUT2D eigenvalue weighted by Crippen LogP contribution is -2.53. The maximum absolute atomic E-state index is 13.7. The molecule has 1 N–H and O–H groups in total. The van der Waals surface area contributed by atoms with Gasteiger partial charge in [-0.25, -0.2) is 0 Å². The van der Waals surface area contributed by atoms with Crippen molar-refractivity contribution in [2.24, 2.45) is 0 Å². The molecule has 0 aliphatic carbocycles. The van der Waals surface area contributed by atoms with Crippen LogP contribution in [-0.4, -0.2) is 84.3 Å². The summed E-state index contributed by atoms with van der Waals surface area (Å²) in [5.74, 6) is 0.421. The van der Waals surface area contributed by atoms with Gasteiger partial charge in [0, 0.05) is 39.3 Å². The van der Waals surface area contributed by atoms with E-state index in [1.807, 2.05) is 63.0 Å². The van der Waals surface area contributed by atoms with E-state index in [-0.39, 0.29) is 23.8 Å². The normalized spacial score (nSPS) is 19.6. The molecule has 2 saturated heterocycles. The number of thiophene rings is 2. The van der Waals surface area contributed by atoms with E-state index in [4.69, 9.17) is 4.74 Å². The van der Waals surface area contributed by atoms with E-state index in [9.17, 15) is 14.4 Å². The van der Waals surface area contributed by atoms with Crippen molar-refractivity contribution >= 4 is 40.4 Å². The monoisotopic (exact) mass is 538 g/mol. The molecule has 3 amide bonds. The molecule has 4 heterocycles. The molecule has 10 heteroatoms. The van der Waals surface area contributed by atoms with Crippen molar-refractivity contribution < 1.29 is 19.1 Å². The molecule has 2 aliphatic heterocycles. The summed E-state index contributed by atoms with van der Waals surface area (Å²) < 4.78 is 5.39. The minimum atomic E-state index is -0.610. The molecule has 2 fully saturated rings. The number of piperazine rings is 1. The van der Waals surface area contributed by atoms with Crippen LogP contribution in [0.3, 0.4) is 0 Å².